The molecule has 31 heavy (non-hydrogen) atoms. The van der Waals surface area contributed by atoms with Gasteiger partial charge in [0.05, 0.1) is 6.61 Å². The summed E-state index contributed by atoms with van der Waals surface area (Å²) >= 11 is 3.14. The van der Waals surface area contributed by atoms with Crippen LogP contribution in [-0.2, 0) is 30.5 Å². The number of hydrogen-bond donors (Lipinski definition) is 0. The summed E-state index contributed by atoms with van der Waals surface area (Å²) in [6.45, 7) is -0.336. The lowest BCUT2D eigenvalue weighted by Crippen LogP contribution is -2.39. The van der Waals surface area contributed by atoms with Crippen molar-refractivity contribution in [3.8, 4) is 0 Å². The molecule has 176 valence electrons. The Bertz CT molecular complexity index is 784. The average molecular weight is 545 g/mol. The molecule has 1 aliphatic rings. The summed E-state index contributed by atoms with van der Waals surface area (Å²) in [5.41, 5.74) is 0.885. The molecule has 0 aromatic heterocycles. The summed E-state index contributed by atoms with van der Waals surface area (Å²) in [6.07, 6.45) is 5.74. The van der Waals surface area contributed by atoms with Gasteiger partial charge < -0.3 is 9.29 Å². The molecule has 1 heterocycles. The Balaban J connectivity index is 0.000000310. The van der Waals surface area contributed by atoms with Crippen molar-refractivity contribution in [2.45, 2.75) is 43.8 Å². The lowest BCUT2D eigenvalue weighted by Gasteiger charge is -2.17. The highest BCUT2D eigenvalue weighted by atomic mass is 79.9. The number of hydrogen-bond acceptors (Lipinski definition) is 6. The van der Waals surface area contributed by atoms with Crippen molar-refractivity contribution < 1.29 is 36.1 Å². The van der Waals surface area contributed by atoms with Crippen LogP contribution in [0.3, 0.4) is 0 Å². The second-order valence-electron chi connectivity index (χ2n) is 6.87. The minimum absolute atomic E-state index is 0.326. The van der Waals surface area contributed by atoms with Gasteiger partial charge in [-0.15, -0.1) is 0 Å². The molecular weight excluding hydrogens is 518 g/mol. The van der Waals surface area contributed by atoms with Crippen LogP contribution in [-0.4, -0.2) is 59.2 Å². The third-order valence-corrected chi connectivity index (χ3v) is 8.12. The summed E-state index contributed by atoms with van der Waals surface area (Å²) in [6, 6.07) is 9.69. The van der Waals surface area contributed by atoms with Crippen LogP contribution in [0.5, 0.6) is 0 Å². The van der Waals surface area contributed by atoms with Crippen molar-refractivity contribution >= 4 is 48.7 Å². The molecule has 0 aliphatic carbocycles. The fourth-order valence-electron chi connectivity index (χ4n) is 2.65. The van der Waals surface area contributed by atoms with E-state index in [1.54, 1.807) is 0 Å². The first-order chi connectivity index (χ1) is 14.6. The monoisotopic (exact) mass is 544 g/mol. The number of halogens is 3. The molecule has 0 saturated carbocycles. The minimum Gasteiger partial charge on any atom is -0.743 e. The van der Waals surface area contributed by atoms with Crippen LogP contribution >= 0.6 is 15.9 Å². The Morgan fingerprint density at radius 3 is 2.23 bits per heavy atom. The molecule has 11 heteroatoms. The van der Waals surface area contributed by atoms with Crippen molar-refractivity contribution in [3.05, 3.63) is 35.9 Å². The molecule has 6 nitrogen and oxygen atoms in total. The van der Waals surface area contributed by atoms with Gasteiger partial charge in [-0.05, 0) is 49.4 Å². The van der Waals surface area contributed by atoms with Crippen molar-refractivity contribution in [1.29, 1.82) is 0 Å². The number of ether oxygens (including phenoxy) is 1. The Morgan fingerprint density at radius 1 is 1.06 bits per heavy atom. The smallest absolute Gasteiger partial charge is 0.428 e. The second kappa shape index (κ2) is 14.2. The van der Waals surface area contributed by atoms with Crippen LogP contribution in [0.25, 0.3) is 0 Å². The number of carbonyl (C=O) groups excluding carboxylic acids is 2. The van der Waals surface area contributed by atoms with E-state index in [-0.39, 0.29) is 6.61 Å². The van der Waals surface area contributed by atoms with E-state index in [0.717, 1.165) is 23.1 Å². The third kappa shape index (κ3) is 10.4. The van der Waals surface area contributed by atoms with Gasteiger partial charge in [-0.1, -0.05) is 46.3 Å². The first-order valence-electron chi connectivity index (χ1n) is 9.88. The molecule has 1 fully saturated rings. The molecule has 1 aromatic carbocycles. The van der Waals surface area contributed by atoms with Gasteiger partial charge in [0.25, 0.3) is 0 Å². The van der Waals surface area contributed by atoms with Crippen LogP contribution in [0, 0.1) is 0 Å². The maximum atomic E-state index is 12.5. The van der Waals surface area contributed by atoms with Crippen LogP contribution < -0.4 is 0 Å². The topological polar surface area (TPSA) is 101 Å². The third-order valence-electron chi connectivity index (χ3n) is 4.36. The minimum atomic E-state index is -6.01. The van der Waals surface area contributed by atoms with Crippen LogP contribution in [0.2, 0.25) is 0 Å². The van der Waals surface area contributed by atoms with E-state index in [2.05, 4.69) is 20.7 Å². The predicted molar refractivity (Wildman–Crippen MR) is 120 cm³/mol. The number of Topliss-reactive ketones (excluding diaryl/α,β-unsaturated/α-hetero) is 1. The molecule has 0 unspecified atom stereocenters. The molecule has 0 N–H and O–H groups in total. The molecule has 0 bridgehead atoms. The van der Waals surface area contributed by atoms with Gasteiger partial charge in [0.1, 0.15) is 11.5 Å². The highest BCUT2D eigenvalue weighted by Gasteiger charge is 2.48. The van der Waals surface area contributed by atoms with E-state index < -0.39 is 21.3 Å². The molecule has 1 saturated heterocycles. The zero-order chi connectivity index (χ0) is 23.3. The molecular formula is C20H27BrF2O6S2. The highest BCUT2D eigenvalue weighted by Crippen LogP contribution is 2.22. The summed E-state index contributed by atoms with van der Waals surface area (Å²) in [4.78, 5) is 22.5. The number of ketones is 1. The van der Waals surface area contributed by atoms with Gasteiger partial charge in [0, 0.05) is 10.9 Å². The first-order valence-corrected chi connectivity index (χ1v) is 14.1. The van der Waals surface area contributed by atoms with E-state index in [4.69, 9.17) is 0 Å². The van der Waals surface area contributed by atoms with Gasteiger partial charge in [0.2, 0.25) is 5.78 Å². The standard InChI is InChI=1S/C13H17OS.C7H11BrF2O5S/c14-13(12-7-3-1-4-8-12)11-15-9-5-2-6-10-15;8-4-2-1-3-5-15-6(11)7(9,10)16(12,13)14/h1,3-4,7-8H,2,5-6,9-11H2;1-5H2,(H,12,13,14)/q+1;/p-1. The number of esters is 1. The van der Waals surface area contributed by atoms with Gasteiger partial charge >= 0.3 is 11.2 Å². The first kappa shape index (κ1) is 28.0. The largest absolute Gasteiger partial charge is 0.743 e. The summed E-state index contributed by atoms with van der Waals surface area (Å²) < 4.78 is 59.1. The molecule has 0 atom stereocenters. The van der Waals surface area contributed by atoms with Crippen LogP contribution in [0.15, 0.2) is 30.3 Å². The van der Waals surface area contributed by atoms with Gasteiger partial charge in [-0.25, -0.2) is 13.2 Å². The van der Waals surface area contributed by atoms with E-state index in [0.29, 0.717) is 29.5 Å². The quantitative estimate of drug-likeness (QED) is 0.110. The number of alkyl halides is 3. The van der Waals surface area contributed by atoms with E-state index in [1.165, 1.54) is 30.8 Å². The van der Waals surface area contributed by atoms with E-state index in [9.17, 15) is 31.3 Å². The normalized spacial score (nSPS) is 15.0. The fourth-order valence-corrected chi connectivity index (χ4v) is 5.57. The molecule has 1 aliphatic heterocycles. The van der Waals surface area contributed by atoms with Crippen molar-refractivity contribution in [3.63, 3.8) is 0 Å². The molecule has 0 amide bonds. The van der Waals surface area contributed by atoms with E-state index in [1.807, 2.05) is 30.3 Å². The maximum absolute atomic E-state index is 12.5. The molecule has 2 rings (SSSR count). The highest BCUT2D eigenvalue weighted by molar-refractivity contribution is 9.09. The zero-order valence-electron chi connectivity index (χ0n) is 17.1. The second-order valence-corrected chi connectivity index (χ2v) is 11.4. The van der Waals surface area contributed by atoms with Crippen LogP contribution in [0.1, 0.15) is 48.9 Å². The maximum Gasteiger partial charge on any atom is 0.428 e. The molecule has 0 spiro atoms. The zero-order valence-corrected chi connectivity index (χ0v) is 20.3. The average Bonchev–Trinajstić information content (AvgIpc) is 2.74. The lowest BCUT2D eigenvalue weighted by molar-refractivity contribution is -0.161. The lowest BCUT2D eigenvalue weighted by atomic mass is 10.2. The summed E-state index contributed by atoms with van der Waals surface area (Å²) in [5.74, 6) is 1.35. The summed E-state index contributed by atoms with van der Waals surface area (Å²) in [5, 5.41) is -4.28. The van der Waals surface area contributed by atoms with Gasteiger partial charge in [0.15, 0.2) is 15.9 Å². The van der Waals surface area contributed by atoms with Crippen molar-refractivity contribution in [2.24, 2.45) is 0 Å². The van der Waals surface area contributed by atoms with E-state index >= 15 is 0 Å². The van der Waals surface area contributed by atoms with Crippen molar-refractivity contribution in [1.82, 2.24) is 0 Å². The summed E-state index contributed by atoms with van der Waals surface area (Å²) in [7, 11) is -5.64. The number of benzene rings is 1. The van der Waals surface area contributed by atoms with Gasteiger partial charge in [-0.3, -0.25) is 4.79 Å². The number of rotatable bonds is 10. The SMILES string of the molecule is O=C(C[S+]1CCCCC1)c1ccccc1.O=C(OCCCCCBr)C(F)(F)S(=O)(=O)[O-]. The van der Waals surface area contributed by atoms with Crippen LogP contribution in [0.4, 0.5) is 8.78 Å². The van der Waals surface area contributed by atoms with Crippen molar-refractivity contribution in [2.75, 3.05) is 29.2 Å². The van der Waals surface area contributed by atoms with Gasteiger partial charge in [-0.2, -0.15) is 8.78 Å². The Labute approximate surface area is 193 Å². The fraction of sp³-hybridized carbons (Fsp3) is 0.600. The Kier molecular flexibility index (Phi) is 12.8. The predicted octanol–water partition coefficient (Wildman–Crippen LogP) is 3.90. The number of unbranched alkanes of at least 4 members (excludes halogenated alkanes) is 2. The number of carbonyl (C=O) groups is 2. The Morgan fingerprint density at radius 2 is 1.68 bits per heavy atom. The molecule has 0 radical (unpaired) electrons. The Hall–Kier alpha value is -1.04. The molecule has 1 aromatic rings.